The highest BCUT2D eigenvalue weighted by Crippen LogP contribution is 2.33. The highest BCUT2D eigenvalue weighted by molar-refractivity contribution is 5.67. The zero-order chi connectivity index (χ0) is 14.4. The van der Waals surface area contributed by atoms with Gasteiger partial charge in [-0.3, -0.25) is 0 Å². The Morgan fingerprint density at radius 2 is 2.10 bits per heavy atom. The predicted molar refractivity (Wildman–Crippen MR) is 74.3 cm³/mol. The minimum atomic E-state index is -0.428. The predicted octanol–water partition coefficient (Wildman–Crippen LogP) is 1.46. The van der Waals surface area contributed by atoms with Crippen molar-refractivity contribution >= 4 is 6.09 Å². The summed E-state index contributed by atoms with van der Waals surface area (Å²) in [6, 6.07) is 5.58. The quantitative estimate of drug-likeness (QED) is 0.854. The first-order chi connectivity index (χ1) is 9.74. The van der Waals surface area contributed by atoms with Crippen LogP contribution in [0.3, 0.4) is 0 Å². The molecule has 0 aromatic heterocycles. The normalized spacial score (nSPS) is 14.5. The standard InChI is InChI=1S/C14H20N2O4/c1-3-16-14(17)20-13(9-15-2)10-4-5-11-12(8-10)19-7-6-18-11/h4-5,8,13,15H,3,6-7,9H2,1-2H3,(H,16,17). The molecule has 0 aliphatic carbocycles. The van der Waals surface area contributed by atoms with Crippen LogP contribution in [0, 0.1) is 0 Å². The van der Waals surface area contributed by atoms with Gasteiger partial charge in [-0.2, -0.15) is 0 Å². The van der Waals surface area contributed by atoms with Gasteiger partial charge in [0.2, 0.25) is 0 Å². The Balaban J connectivity index is 2.13. The molecule has 2 N–H and O–H groups in total. The van der Waals surface area contributed by atoms with Gasteiger partial charge in [0.05, 0.1) is 0 Å². The van der Waals surface area contributed by atoms with Crippen molar-refractivity contribution in [2.75, 3.05) is 33.4 Å². The van der Waals surface area contributed by atoms with Crippen LogP contribution in [0.25, 0.3) is 0 Å². The van der Waals surface area contributed by atoms with Crippen LogP contribution in [-0.2, 0) is 4.74 Å². The Kier molecular flexibility index (Phi) is 5.06. The molecule has 1 aliphatic rings. The zero-order valence-electron chi connectivity index (χ0n) is 11.8. The van der Waals surface area contributed by atoms with Crippen molar-refractivity contribution in [2.24, 2.45) is 0 Å². The third-order valence-corrected chi connectivity index (χ3v) is 2.90. The van der Waals surface area contributed by atoms with Crippen molar-refractivity contribution in [3.8, 4) is 11.5 Å². The summed E-state index contributed by atoms with van der Waals surface area (Å²) in [5.74, 6) is 1.41. The van der Waals surface area contributed by atoms with Crippen LogP contribution in [-0.4, -0.2) is 39.4 Å². The number of rotatable bonds is 5. The largest absolute Gasteiger partial charge is 0.486 e. The van der Waals surface area contributed by atoms with Crippen LogP contribution >= 0.6 is 0 Å². The summed E-state index contributed by atoms with van der Waals surface area (Å²) in [7, 11) is 1.81. The Hall–Kier alpha value is -1.95. The molecule has 1 aromatic carbocycles. The van der Waals surface area contributed by atoms with Crippen molar-refractivity contribution in [1.29, 1.82) is 0 Å². The third kappa shape index (κ3) is 3.54. The van der Waals surface area contributed by atoms with E-state index in [0.717, 1.165) is 11.3 Å². The molecule has 1 aromatic rings. The van der Waals surface area contributed by atoms with E-state index < -0.39 is 6.09 Å². The van der Waals surface area contributed by atoms with Gasteiger partial charge in [-0.1, -0.05) is 6.07 Å². The molecule has 6 nitrogen and oxygen atoms in total. The van der Waals surface area contributed by atoms with Crippen molar-refractivity contribution < 1.29 is 19.0 Å². The van der Waals surface area contributed by atoms with Gasteiger partial charge in [0, 0.05) is 13.1 Å². The van der Waals surface area contributed by atoms with E-state index in [9.17, 15) is 4.79 Å². The maximum Gasteiger partial charge on any atom is 0.407 e. The van der Waals surface area contributed by atoms with Gasteiger partial charge in [0.15, 0.2) is 11.5 Å². The van der Waals surface area contributed by atoms with Gasteiger partial charge in [-0.25, -0.2) is 4.79 Å². The molecule has 6 heteroatoms. The lowest BCUT2D eigenvalue weighted by Crippen LogP contribution is -2.29. The van der Waals surface area contributed by atoms with E-state index in [1.54, 1.807) is 0 Å². The van der Waals surface area contributed by atoms with E-state index in [0.29, 0.717) is 32.1 Å². The van der Waals surface area contributed by atoms with Crippen LogP contribution in [0.2, 0.25) is 0 Å². The second-order valence-electron chi connectivity index (χ2n) is 4.39. The summed E-state index contributed by atoms with van der Waals surface area (Å²) < 4.78 is 16.4. The van der Waals surface area contributed by atoms with E-state index in [1.807, 2.05) is 32.2 Å². The number of carbonyl (C=O) groups excluding carboxylic acids is 1. The van der Waals surface area contributed by atoms with E-state index in [-0.39, 0.29) is 6.10 Å². The summed E-state index contributed by atoms with van der Waals surface area (Å²) in [6.07, 6.45) is -0.801. The molecule has 1 aliphatic heterocycles. The molecular weight excluding hydrogens is 260 g/mol. The number of hydrogen-bond donors (Lipinski definition) is 2. The summed E-state index contributed by atoms with van der Waals surface area (Å²) >= 11 is 0. The van der Waals surface area contributed by atoms with Gasteiger partial charge >= 0.3 is 6.09 Å². The first kappa shape index (κ1) is 14.5. The van der Waals surface area contributed by atoms with Gasteiger partial charge in [-0.15, -0.1) is 0 Å². The lowest BCUT2D eigenvalue weighted by Gasteiger charge is -2.22. The minimum Gasteiger partial charge on any atom is -0.486 e. The van der Waals surface area contributed by atoms with Crippen LogP contribution in [0.15, 0.2) is 18.2 Å². The Morgan fingerprint density at radius 3 is 2.80 bits per heavy atom. The molecule has 0 fully saturated rings. The molecule has 1 amide bonds. The number of benzene rings is 1. The van der Waals surface area contributed by atoms with E-state index in [4.69, 9.17) is 14.2 Å². The number of ether oxygens (including phenoxy) is 3. The molecule has 1 heterocycles. The Bertz CT molecular complexity index is 464. The highest BCUT2D eigenvalue weighted by atomic mass is 16.6. The zero-order valence-corrected chi connectivity index (χ0v) is 11.8. The summed E-state index contributed by atoms with van der Waals surface area (Å²) in [6.45, 7) is 3.99. The van der Waals surface area contributed by atoms with Gasteiger partial charge < -0.3 is 24.8 Å². The Morgan fingerprint density at radius 1 is 1.35 bits per heavy atom. The molecule has 20 heavy (non-hydrogen) atoms. The van der Waals surface area contributed by atoms with Crippen molar-refractivity contribution in [3.63, 3.8) is 0 Å². The number of alkyl carbamates (subject to hydrolysis) is 1. The van der Waals surface area contributed by atoms with Gasteiger partial charge in [-0.05, 0) is 31.7 Å². The molecular formula is C14H20N2O4. The lowest BCUT2D eigenvalue weighted by atomic mass is 10.1. The second kappa shape index (κ2) is 7.00. The monoisotopic (exact) mass is 280 g/mol. The van der Waals surface area contributed by atoms with Crippen LogP contribution in [0.5, 0.6) is 11.5 Å². The third-order valence-electron chi connectivity index (χ3n) is 2.90. The van der Waals surface area contributed by atoms with E-state index >= 15 is 0 Å². The number of carbonyl (C=O) groups is 1. The average Bonchev–Trinajstić information content (AvgIpc) is 2.46. The number of amides is 1. The summed E-state index contributed by atoms with van der Waals surface area (Å²) in [5.41, 5.74) is 0.870. The molecule has 0 saturated carbocycles. The van der Waals surface area contributed by atoms with Crippen LogP contribution in [0.4, 0.5) is 4.79 Å². The van der Waals surface area contributed by atoms with Gasteiger partial charge in [0.25, 0.3) is 0 Å². The molecule has 110 valence electrons. The van der Waals surface area contributed by atoms with Crippen molar-refractivity contribution in [1.82, 2.24) is 10.6 Å². The topological polar surface area (TPSA) is 68.8 Å². The van der Waals surface area contributed by atoms with Crippen LogP contribution in [0.1, 0.15) is 18.6 Å². The maximum absolute atomic E-state index is 11.6. The molecule has 0 spiro atoms. The summed E-state index contributed by atoms with van der Waals surface area (Å²) in [4.78, 5) is 11.6. The minimum absolute atomic E-state index is 0.373. The molecule has 2 rings (SSSR count). The number of likely N-dealkylation sites (N-methyl/N-ethyl adjacent to an activating group) is 1. The summed E-state index contributed by atoms with van der Waals surface area (Å²) in [5, 5.41) is 5.64. The lowest BCUT2D eigenvalue weighted by molar-refractivity contribution is 0.0977. The fourth-order valence-corrected chi connectivity index (χ4v) is 1.99. The number of fused-ring (bicyclic) bond motifs is 1. The number of nitrogens with one attached hydrogen (secondary N) is 2. The van der Waals surface area contributed by atoms with Crippen molar-refractivity contribution in [3.05, 3.63) is 23.8 Å². The average molecular weight is 280 g/mol. The second-order valence-corrected chi connectivity index (χ2v) is 4.39. The van der Waals surface area contributed by atoms with Crippen LogP contribution < -0.4 is 20.1 Å². The SMILES string of the molecule is CCNC(=O)OC(CNC)c1ccc2c(c1)OCCO2. The fourth-order valence-electron chi connectivity index (χ4n) is 1.99. The Labute approximate surface area is 118 Å². The van der Waals surface area contributed by atoms with Gasteiger partial charge in [0.1, 0.15) is 19.3 Å². The first-order valence-electron chi connectivity index (χ1n) is 6.73. The maximum atomic E-state index is 11.6. The fraction of sp³-hybridized carbons (Fsp3) is 0.500. The van der Waals surface area contributed by atoms with Crippen molar-refractivity contribution in [2.45, 2.75) is 13.0 Å². The highest BCUT2D eigenvalue weighted by Gasteiger charge is 2.19. The van der Waals surface area contributed by atoms with E-state index in [2.05, 4.69) is 10.6 Å². The molecule has 0 bridgehead atoms. The molecule has 0 saturated heterocycles. The molecule has 0 radical (unpaired) electrons. The first-order valence-corrected chi connectivity index (χ1v) is 6.73. The smallest absolute Gasteiger partial charge is 0.407 e. The molecule has 1 atom stereocenters. The van der Waals surface area contributed by atoms with E-state index in [1.165, 1.54) is 0 Å². The number of hydrogen-bond acceptors (Lipinski definition) is 5. The molecule has 1 unspecified atom stereocenters.